The van der Waals surface area contributed by atoms with Crippen molar-refractivity contribution in [1.82, 2.24) is 4.98 Å². The highest BCUT2D eigenvalue weighted by molar-refractivity contribution is 6.30. The zero-order chi connectivity index (χ0) is 25.1. The van der Waals surface area contributed by atoms with E-state index in [1.807, 2.05) is 31.2 Å². The molecule has 2 bridgehead atoms. The lowest BCUT2D eigenvalue weighted by molar-refractivity contribution is -0.132. The van der Waals surface area contributed by atoms with Gasteiger partial charge < -0.3 is 9.47 Å². The highest BCUT2D eigenvalue weighted by Crippen LogP contribution is 2.63. The average molecular weight is 502 g/mol. The Morgan fingerprint density at radius 2 is 1.81 bits per heavy atom. The van der Waals surface area contributed by atoms with Crippen molar-refractivity contribution < 1.29 is 19.1 Å². The molecule has 6 rings (SSSR count). The van der Waals surface area contributed by atoms with Gasteiger partial charge in [-0.05, 0) is 37.5 Å². The van der Waals surface area contributed by atoms with Crippen molar-refractivity contribution >= 4 is 39.9 Å². The van der Waals surface area contributed by atoms with Crippen LogP contribution in [0.3, 0.4) is 0 Å². The summed E-state index contributed by atoms with van der Waals surface area (Å²) in [5.74, 6) is -1.12. The number of anilines is 1. The SMILES string of the molecule is CC[C@]12CC[C@](CCOc3ccc(Cl)cn3)(O1)[C@@H]1C(=O)N(c3ccc(C#N)c4ccccc34)C(=O)[C@@H]12. The summed E-state index contributed by atoms with van der Waals surface area (Å²) in [6.07, 6.45) is 4.07. The summed E-state index contributed by atoms with van der Waals surface area (Å²) < 4.78 is 12.5. The fourth-order valence-electron chi connectivity index (χ4n) is 6.49. The lowest BCUT2D eigenvalue weighted by atomic mass is 9.66. The van der Waals surface area contributed by atoms with Gasteiger partial charge in [0.15, 0.2) is 0 Å². The van der Waals surface area contributed by atoms with E-state index in [1.165, 1.54) is 11.1 Å². The Bertz CT molecular complexity index is 1430. The Morgan fingerprint density at radius 1 is 1.08 bits per heavy atom. The highest BCUT2D eigenvalue weighted by atomic mass is 35.5. The molecule has 3 aliphatic rings. The number of carbonyl (C=O) groups excluding carboxylic acids is 2. The molecular weight excluding hydrogens is 478 g/mol. The van der Waals surface area contributed by atoms with Crippen molar-refractivity contribution in [2.75, 3.05) is 11.5 Å². The molecule has 3 saturated heterocycles. The van der Waals surface area contributed by atoms with Crippen molar-refractivity contribution in [3.8, 4) is 11.9 Å². The third kappa shape index (κ3) is 3.18. The van der Waals surface area contributed by atoms with E-state index in [4.69, 9.17) is 21.1 Å². The topological polar surface area (TPSA) is 92.5 Å². The number of hydrogen-bond donors (Lipinski definition) is 0. The number of ether oxygens (including phenoxy) is 2. The van der Waals surface area contributed by atoms with Crippen LogP contribution in [0.2, 0.25) is 5.02 Å². The highest BCUT2D eigenvalue weighted by Gasteiger charge is 2.74. The predicted octanol–water partition coefficient (Wildman–Crippen LogP) is 5.05. The molecule has 36 heavy (non-hydrogen) atoms. The number of benzene rings is 2. The third-order valence-corrected chi connectivity index (χ3v) is 8.38. The van der Waals surface area contributed by atoms with E-state index >= 15 is 0 Å². The summed E-state index contributed by atoms with van der Waals surface area (Å²) in [4.78, 5) is 33.5. The summed E-state index contributed by atoms with van der Waals surface area (Å²) in [7, 11) is 0. The van der Waals surface area contributed by atoms with Gasteiger partial charge in [0, 0.05) is 29.5 Å². The van der Waals surface area contributed by atoms with E-state index in [0.29, 0.717) is 53.4 Å². The van der Waals surface area contributed by atoms with Gasteiger partial charge in [-0.15, -0.1) is 0 Å². The number of pyridine rings is 1. The van der Waals surface area contributed by atoms with Crippen molar-refractivity contribution in [2.24, 2.45) is 11.8 Å². The lowest BCUT2D eigenvalue weighted by Crippen LogP contribution is -2.43. The van der Waals surface area contributed by atoms with Crippen LogP contribution < -0.4 is 9.64 Å². The molecular formula is C28H24ClN3O4. The Kier molecular flexibility index (Phi) is 5.29. The van der Waals surface area contributed by atoms with Crippen molar-refractivity contribution in [3.63, 3.8) is 0 Å². The predicted molar refractivity (Wildman–Crippen MR) is 134 cm³/mol. The summed E-state index contributed by atoms with van der Waals surface area (Å²) in [5.41, 5.74) is -0.396. The molecule has 3 aromatic rings. The van der Waals surface area contributed by atoms with Gasteiger partial charge in [0.2, 0.25) is 17.7 Å². The molecule has 8 heteroatoms. The van der Waals surface area contributed by atoms with E-state index in [1.54, 1.807) is 24.3 Å². The van der Waals surface area contributed by atoms with Gasteiger partial charge in [0.25, 0.3) is 0 Å². The standard InChI is InChI=1S/C28H24ClN3O4/c1-2-27-11-12-28(36-27,13-14-35-22-10-8-18(29)16-31-22)24-23(27)25(33)32(26(24)34)21-9-7-17(15-30)19-5-3-4-6-20(19)21/h3-10,16,23-24H,2,11-14H2,1H3/t23-,24+,27-,28-/m1/s1. The molecule has 0 spiro atoms. The number of imide groups is 1. The average Bonchev–Trinajstić information content (AvgIpc) is 3.51. The minimum absolute atomic E-state index is 0.219. The van der Waals surface area contributed by atoms with E-state index in [9.17, 15) is 14.9 Å². The van der Waals surface area contributed by atoms with Gasteiger partial charge in [-0.3, -0.25) is 9.59 Å². The van der Waals surface area contributed by atoms with Crippen molar-refractivity contribution in [1.29, 1.82) is 5.26 Å². The maximum atomic E-state index is 14.0. The molecule has 0 aliphatic carbocycles. The molecule has 3 aliphatic heterocycles. The first-order valence-electron chi connectivity index (χ1n) is 12.2. The first-order valence-corrected chi connectivity index (χ1v) is 12.5. The zero-order valence-corrected chi connectivity index (χ0v) is 20.5. The second kappa shape index (κ2) is 8.29. The number of nitrogens with zero attached hydrogens (tertiary/aromatic N) is 3. The van der Waals surface area contributed by atoms with Crippen LogP contribution in [0, 0.1) is 23.2 Å². The number of rotatable bonds is 6. The molecule has 1 aromatic heterocycles. The Hall–Kier alpha value is -3.47. The smallest absolute Gasteiger partial charge is 0.240 e. The van der Waals surface area contributed by atoms with Gasteiger partial charge in [0.1, 0.15) is 0 Å². The summed E-state index contributed by atoms with van der Waals surface area (Å²) in [6.45, 7) is 2.32. The van der Waals surface area contributed by atoms with Gasteiger partial charge in [-0.2, -0.15) is 5.26 Å². The van der Waals surface area contributed by atoms with E-state index in [2.05, 4.69) is 11.1 Å². The molecule has 0 N–H and O–H groups in total. The molecule has 3 fully saturated rings. The monoisotopic (exact) mass is 501 g/mol. The first-order chi connectivity index (χ1) is 17.4. The first kappa shape index (κ1) is 23.0. The fourth-order valence-corrected chi connectivity index (χ4v) is 6.60. The molecule has 4 heterocycles. The van der Waals surface area contributed by atoms with Crippen LogP contribution in [-0.2, 0) is 14.3 Å². The number of carbonyl (C=O) groups is 2. The maximum absolute atomic E-state index is 14.0. The van der Waals surface area contributed by atoms with Crippen LogP contribution in [0.4, 0.5) is 5.69 Å². The Balaban J connectivity index is 1.35. The van der Waals surface area contributed by atoms with E-state index in [0.717, 1.165) is 11.8 Å². The quantitative estimate of drug-likeness (QED) is 0.439. The maximum Gasteiger partial charge on any atom is 0.240 e. The Morgan fingerprint density at radius 3 is 2.50 bits per heavy atom. The number of halogens is 1. The second-order valence-corrected chi connectivity index (χ2v) is 10.2. The van der Waals surface area contributed by atoms with Gasteiger partial charge in [-0.25, -0.2) is 9.88 Å². The molecule has 7 nitrogen and oxygen atoms in total. The Labute approximate surface area is 213 Å². The van der Waals surface area contributed by atoms with Gasteiger partial charge in [-0.1, -0.05) is 42.8 Å². The van der Waals surface area contributed by atoms with Crippen LogP contribution in [-0.4, -0.2) is 34.6 Å². The van der Waals surface area contributed by atoms with Crippen LogP contribution in [0.15, 0.2) is 54.7 Å². The molecule has 0 radical (unpaired) electrons. The van der Waals surface area contributed by atoms with Crippen LogP contribution >= 0.6 is 11.6 Å². The van der Waals surface area contributed by atoms with Crippen LogP contribution in [0.1, 0.15) is 38.2 Å². The molecule has 2 aromatic carbocycles. The number of amides is 2. The number of fused-ring (bicyclic) bond motifs is 6. The second-order valence-electron chi connectivity index (χ2n) is 9.76. The molecule has 0 unspecified atom stereocenters. The molecule has 182 valence electrons. The zero-order valence-electron chi connectivity index (χ0n) is 19.7. The summed E-state index contributed by atoms with van der Waals surface area (Å²) in [5, 5.41) is 11.5. The van der Waals surface area contributed by atoms with E-state index < -0.39 is 23.0 Å². The third-order valence-electron chi connectivity index (χ3n) is 8.15. The normalized spacial score (nSPS) is 28.5. The summed E-state index contributed by atoms with van der Waals surface area (Å²) >= 11 is 5.91. The minimum Gasteiger partial charge on any atom is -0.478 e. The fraction of sp³-hybridized carbons (Fsp3) is 0.357. The van der Waals surface area contributed by atoms with Gasteiger partial charge >= 0.3 is 0 Å². The molecule has 2 amide bonds. The van der Waals surface area contributed by atoms with Gasteiger partial charge in [0.05, 0.1) is 52.0 Å². The number of aromatic nitrogens is 1. The summed E-state index contributed by atoms with van der Waals surface area (Å²) in [6, 6.07) is 16.4. The largest absolute Gasteiger partial charge is 0.478 e. The van der Waals surface area contributed by atoms with Crippen LogP contribution in [0.25, 0.3) is 10.8 Å². The lowest BCUT2D eigenvalue weighted by Gasteiger charge is -2.31. The van der Waals surface area contributed by atoms with Crippen molar-refractivity contribution in [3.05, 3.63) is 65.3 Å². The minimum atomic E-state index is -0.767. The number of nitriles is 1. The van der Waals surface area contributed by atoms with E-state index in [-0.39, 0.29) is 11.8 Å². The van der Waals surface area contributed by atoms with Crippen molar-refractivity contribution in [2.45, 2.75) is 43.8 Å². The number of hydrogen-bond acceptors (Lipinski definition) is 6. The molecule has 4 atom stereocenters. The van der Waals surface area contributed by atoms with Crippen LogP contribution in [0.5, 0.6) is 5.88 Å². The molecule has 0 saturated carbocycles.